The number of nitrogen functional groups attached to an aromatic ring is 1. The number of rotatable bonds is 2. The van der Waals surface area contributed by atoms with Crippen LogP contribution in [-0.2, 0) is 0 Å². The van der Waals surface area contributed by atoms with Gasteiger partial charge in [-0.3, -0.25) is 5.10 Å². The Kier molecular flexibility index (Phi) is 2.26. The van der Waals surface area contributed by atoms with Gasteiger partial charge in [0.25, 0.3) is 0 Å². The van der Waals surface area contributed by atoms with E-state index in [4.69, 9.17) is 19.9 Å². The van der Waals surface area contributed by atoms with E-state index < -0.39 is 5.82 Å². The van der Waals surface area contributed by atoms with Gasteiger partial charge in [-0.1, -0.05) is 0 Å². The molecule has 3 rings (SSSR count). The molecule has 1 aliphatic rings. The maximum Gasteiger partial charge on any atom is 0.231 e. The minimum absolute atomic E-state index is 0.0402. The van der Waals surface area contributed by atoms with Crippen molar-refractivity contribution in [3.63, 3.8) is 0 Å². The molecule has 0 unspecified atom stereocenters. The van der Waals surface area contributed by atoms with Crippen LogP contribution in [0.3, 0.4) is 0 Å². The fourth-order valence-electron chi connectivity index (χ4n) is 1.85. The minimum atomic E-state index is -0.551. The highest BCUT2D eigenvalue weighted by Gasteiger charge is 2.27. The predicted molar refractivity (Wildman–Crippen MR) is 61.1 cm³/mol. The lowest BCUT2D eigenvalue weighted by atomic mass is 10.1. The van der Waals surface area contributed by atoms with Crippen molar-refractivity contribution in [1.29, 1.82) is 0 Å². The Balaban J connectivity index is 2.27. The van der Waals surface area contributed by atoms with Crippen LogP contribution in [0.4, 0.5) is 10.2 Å². The molecule has 2 heterocycles. The molecule has 1 aromatic carbocycles. The molecule has 0 atom stereocenters. The molecular formula is C11H10FN3O3. The average Bonchev–Trinajstić information content (AvgIpc) is 2.97. The zero-order chi connectivity index (χ0) is 12.7. The largest absolute Gasteiger partial charge is 0.494 e. The van der Waals surface area contributed by atoms with Crippen molar-refractivity contribution >= 4 is 5.82 Å². The molecule has 7 heteroatoms. The Morgan fingerprint density at radius 3 is 2.94 bits per heavy atom. The molecule has 6 nitrogen and oxygen atoms in total. The number of H-pyrrole nitrogens is 1. The second kappa shape index (κ2) is 3.80. The fraction of sp³-hybridized carbons (Fsp3) is 0.182. The van der Waals surface area contributed by atoms with Crippen LogP contribution < -0.4 is 19.9 Å². The molecular weight excluding hydrogens is 241 g/mol. The van der Waals surface area contributed by atoms with E-state index in [1.54, 1.807) is 0 Å². The first kappa shape index (κ1) is 10.7. The molecule has 0 saturated carbocycles. The van der Waals surface area contributed by atoms with E-state index in [0.717, 1.165) is 0 Å². The molecule has 3 N–H and O–H groups in total. The number of aromatic nitrogens is 2. The Morgan fingerprint density at radius 1 is 1.44 bits per heavy atom. The van der Waals surface area contributed by atoms with Crippen molar-refractivity contribution in [2.24, 2.45) is 0 Å². The van der Waals surface area contributed by atoms with E-state index in [-0.39, 0.29) is 23.9 Å². The summed E-state index contributed by atoms with van der Waals surface area (Å²) >= 11 is 0. The van der Waals surface area contributed by atoms with Crippen LogP contribution in [0.5, 0.6) is 17.2 Å². The van der Waals surface area contributed by atoms with Gasteiger partial charge in [-0.05, 0) is 0 Å². The minimum Gasteiger partial charge on any atom is -0.494 e. The standard InChI is InChI=1S/C11H10FN3O3/c1-16-6-3-7-11(18-4-17-7)9(10(6)12)5-2-8(13)15-14-5/h2-3H,4H2,1H3,(H3,13,14,15). The molecule has 94 valence electrons. The predicted octanol–water partition coefficient (Wildman–Crippen LogP) is 1.54. The summed E-state index contributed by atoms with van der Waals surface area (Å²) in [5, 5.41) is 6.40. The number of methoxy groups -OCH3 is 1. The number of ether oxygens (including phenoxy) is 3. The van der Waals surface area contributed by atoms with Crippen LogP contribution in [-0.4, -0.2) is 24.1 Å². The highest BCUT2D eigenvalue weighted by atomic mass is 19.1. The molecule has 0 radical (unpaired) electrons. The first-order chi connectivity index (χ1) is 8.70. The number of halogens is 1. The molecule has 0 aliphatic carbocycles. The topological polar surface area (TPSA) is 82.4 Å². The third-order valence-electron chi connectivity index (χ3n) is 2.65. The molecule has 18 heavy (non-hydrogen) atoms. The number of nitrogens with two attached hydrogens (primary N) is 1. The van der Waals surface area contributed by atoms with Crippen molar-refractivity contribution in [3.8, 4) is 28.5 Å². The summed E-state index contributed by atoms with van der Waals surface area (Å²) < 4.78 is 29.7. The molecule has 1 aromatic heterocycles. The monoisotopic (exact) mass is 251 g/mol. The normalized spacial score (nSPS) is 12.8. The lowest BCUT2D eigenvalue weighted by Gasteiger charge is -2.09. The summed E-state index contributed by atoms with van der Waals surface area (Å²) in [6, 6.07) is 2.96. The Morgan fingerprint density at radius 2 is 2.28 bits per heavy atom. The van der Waals surface area contributed by atoms with Gasteiger partial charge in [0, 0.05) is 12.1 Å². The van der Waals surface area contributed by atoms with E-state index in [2.05, 4.69) is 10.2 Å². The molecule has 0 fully saturated rings. The third kappa shape index (κ3) is 1.44. The van der Waals surface area contributed by atoms with Gasteiger partial charge >= 0.3 is 0 Å². The molecule has 0 spiro atoms. The molecule has 0 bridgehead atoms. The quantitative estimate of drug-likeness (QED) is 0.845. The third-order valence-corrected chi connectivity index (χ3v) is 2.65. The number of aromatic amines is 1. The average molecular weight is 251 g/mol. The van der Waals surface area contributed by atoms with Crippen LogP contribution in [0.1, 0.15) is 0 Å². The molecule has 2 aromatic rings. The van der Waals surface area contributed by atoms with E-state index in [1.807, 2.05) is 0 Å². The highest BCUT2D eigenvalue weighted by Crippen LogP contribution is 2.46. The van der Waals surface area contributed by atoms with Gasteiger partial charge in [-0.25, -0.2) is 4.39 Å². The van der Waals surface area contributed by atoms with E-state index in [9.17, 15) is 4.39 Å². The molecule has 1 aliphatic heterocycles. The number of nitrogens with zero attached hydrogens (tertiary/aromatic N) is 1. The number of fused-ring (bicyclic) bond motifs is 1. The Hall–Kier alpha value is -2.44. The van der Waals surface area contributed by atoms with Crippen LogP contribution >= 0.6 is 0 Å². The lowest BCUT2D eigenvalue weighted by molar-refractivity contribution is 0.174. The van der Waals surface area contributed by atoms with E-state index in [1.165, 1.54) is 19.2 Å². The van der Waals surface area contributed by atoms with Gasteiger partial charge in [-0.15, -0.1) is 0 Å². The highest BCUT2D eigenvalue weighted by molar-refractivity contribution is 5.76. The summed E-state index contributed by atoms with van der Waals surface area (Å²) in [7, 11) is 1.38. The van der Waals surface area contributed by atoms with Crippen molar-refractivity contribution in [1.82, 2.24) is 10.2 Å². The van der Waals surface area contributed by atoms with Crippen LogP contribution in [0.2, 0.25) is 0 Å². The van der Waals surface area contributed by atoms with Crippen LogP contribution in [0.25, 0.3) is 11.3 Å². The Labute approximate surface area is 101 Å². The molecule has 0 amide bonds. The van der Waals surface area contributed by atoms with E-state index in [0.29, 0.717) is 17.2 Å². The summed E-state index contributed by atoms with van der Waals surface area (Å²) in [6.07, 6.45) is 0. The summed E-state index contributed by atoms with van der Waals surface area (Å²) in [5.41, 5.74) is 6.12. The second-order valence-corrected chi connectivity index (χ2v) is 3.71. The maximum atomic E-state index is 14.3. The summed E-state index contributed by atoms with van der Waals surface area (Å²) in [4.78, 5) is 0. The van der Waals surface area contributed by atoms with Gasteiger partial charge in [0.1, 0.15) is 5.82 Å². The number of hydrogen-bond donors (Lipinski definition) is 2. The van der Waals surface area contributed by atoms with Crippen molar-refractivity contribution in [2.45, 2.75) is 0 Å². The fourth-order valence-corrected chi connectivity index (χ4v) is 1.85. The SMILES string of the molecule is COc1cc2c(c(-c3cc(N)n[nH]3)c1F)OCO2. The Bertz CT molecular complexity index is 611. The van der Waals surface area contributed by atoms with Crippen molar-refractivity contribution in [3.05, 3.63) is 17.9 Å². The van der Waals surface area contributed by atoms with Gasteiger partial charge in [0.2, 0.25) is 6.79 Å². The van der Waals surface area contributed by atoms with Crippen LogP contribution in [0, 0.1) is 5.82 Å². The van der Waals surface area contributed by atoms with Crippen LogP contribution in [0.15, 0.2) is 12.1 Å². The second-order valence-electron chi connectivity index (χ2n) is 3.71. The zero-order valence-electron chi connectivity index (χ0n) is 9.49. The van der Waals surface area contributed by atoms with Gasteiger partial charge in [0.15, 0.2) is 23.1 Å². The summed E-state index contributed by atoms with van der Waals surface area (Å²) in [5.74, 6) is 0.529. The van der Waals surface area contributed by atoms with Gasteiger partial charge in [-0.2, -0.15) is 5.10 Å². The smallest absolute Gasteiger partial charge is 0.231 e. The lowest BCUT2D eigenvalue weighted by Crippen LogP contribution is -1.95. The first-order valence-corrected chi connectivity index (χ1v) is 5.18. The number of benzene rings is 1. The first-order valence-electron chi connectivity index (χ1n) is 5.18. The van der Waals surface area contributed by atoms with Crippen molar-refractivity contribution < 1.29 is 18.6 Å². The number of hydrogen-bond acceptors (Lipinski definition) is 5. The van der Waals surface area contributed by atoms with Gasteiger partial charge in [0.05, 0.1) is 18.4 Å². The molecule has 0 saturated heterocycles. The zero-order valence-corrected chi connectivity index (χ0v) is 9.49. The maximum absolute atomic E-state index is 14.3. The number of nitrogens with one attached hydrogen (secondary N) is 1. The van der Waals surface area contributed by atoms with Crippen molar-refractivity contribution in [2.75, 3.05) is 19.6 Å². The number of anilines is 1. The summed E-state index contributed by atoms with van der Waals surface area (Å²) in [6.45, 7) is 0.0402. The van der Waals surface area contributed by atoms with E-state index >= 15 is 0 Å². The van der Waals surface area contributed by atoms with Gasteiger partial charge < -0.3 is 19.9 Å².